The van der Waals surface area contributed by atoms with E-state index in [1.807, 2.05) is 31.2 Å². The summed E-state index contributed by atoms with van der Waals surface area (Å²) in [7, 11) is 0. The molecule has 1 amide bonds. The van der Waals surface area contributed by atoms with E-state index in [-0.39, 0.29) is 25.1 Å². The first-order valence-electron chi connectivity index (χ1n) is 8.97. The van der Waals surface area contributed by atoms with Crippen LogP contribution in [-0.4, -0.2) is 35.6 Å². The largest absolute Gasteiger partial charge is 0.395 e. The van der Waals surface area contributed by atoms with Crippen molar-refractivity contribution in [2.45, 2.75) is 32.2 Å². The third-order valence-electron chi connectivity index (χ3n) is 4.93. The zero-order chi connectivity index (χ0) is 17.6. The fourth-order valence-electron chi connectivity index (χ4n) is 3.67. The molecule has 1 unspecified atom stereocenters. The Hall–Kier alpha value is -2.17. The predicted molar refractivity (Wildman–Crippen MR) is 101 cm³/mol. The van der Waals surface area contributed by atoms with Gasteiger partial charge in [0.05, 0.1) is 13.2 Å². The minimum absolute atomic E-state index is 0.0363. The predicted octanol–water partition coefficient (Wildman–Crippen LogP) is 3.31. The summed E-state index contributed by atoms with van der Waals surface area (Å²) in [6, 6.07) is 16.4. The van der Waals surface area contributed by atoms with Crippen LogP contribution >= 0.6 is 0 Å². The second-order valence-corrected chi connectivity index (χ2v) is 6.66. The van der Waals surface area contributed by atoms with Gasteiger partial charge in [-0.25, -0.2) is 0 Å². The van der Waals surface area contributed by atoms with E-state index in [9.17, 15) is 9.90 Å². The maximum absolute atomic E-state index is 12.6. The third kappa shape index (κ3) is 4.27. The number of carbonyl (C=O) groups excluding carboxylic acids is 1. The number of hydrogen-bond donors (Lipinski definition) is 2. The van der Waals surface area contributed by atoms with E-state index in [2.05, 4.69) is 34.5 Å². The average molecular weight is 338 g/mol. The Morgan fingerprint density at radius 1 is 1.20 bits per heavy atom. The van der Waals surface area contributed by atoms with Gasteiger partial charge in [0.1, 0.15) is 0 Å². The van der Waals surface area contributed by atoms with Crippen LogP contribution in [0.4, 0.5) is 5.69 Å². The molecule has 25 heavy (non-hydrogen) atoms. The van der Waals surface area contributed by atoms with Crippen molar-refractivity contribution in [1.82, 2.24) is 4.90 Å². The van der Waals surface area contributed by atoms with Gasteiger partial charge in [-0.2, -0.15) is 0 Å². The van der Waals surface area contributed by atoms with Crippen LogP contribution in [0, 0.1) is 6.92 Å². The van der Waals surface area contributed by atoms with Crippen LogP contribution in [0.5, 0.6) is 0 Å². The Kier molecular flexibility index (Phi) is 5.84. The summed E-state index contributed by atoms with van der Waals surface area (Å²) in [6.45, 7) is 2.82. The minimum atomic E-state index is -0.0363. The molecule has 0 bridgehead atoms. The number of para-hydroxylation sites is 1. The molecule has 4 nitrogen and oxygen atoms in total. The Labute approximate surface area is 149 Å². The number of anilines is 1. The lowest BCUT2D eigenvalue weighted by Crippen LogP contribution is -2.39. The highest BCUT2D eigenvalue weighted by Gasteiger charge is 2.26. The van der Waals surface area contributed by atoms with Gasteiger partial charge >= 0.3 is 0 Å². The molecule has 0 saturated carbocycles. The molecule has 0 fully saturated rings. The van der Waals surface area contributed by atoms with Crippen LogP contribution in [0.1, 0.15) is 35.6 Å². The minimum Gasteiger partial charge on any atom is -0.395 e. The zero-order valence-electron chi connectivity index (χ0n) is 14.7. The van der Waals surface area contributed by atoms with Gasteiger partial charge in [0, 0.05) is 18.3 Å². The van der Waals surface area contributed by atoms with Crippen LogP contribution in [0.3, 0.4) is 0 Å². The van der Waals surface area contributed by atoms with E-state index < -0.39 is 0 Å². The normalized spacial score (nSPS) is 16.5. The number of amides is 1. The van der Waals surface area contributed by atoms with Crippen molar-refractivity contribution >= 4 is 11.6 Å². The maximum Gasteiger partial charge on any atom is 0.238 e. The number of fused-ring (bicyclic) bond motifs is 1. The van der Waals surface area contributed by atoms with E-state index in [1.54, 1.807) is 0 Å². The molecule has 2 N–H and O–H groups in total. The van der Waals surface area contributed by atoms with Gasteiger partial charge in [-0.3, -0.25) is 9.69 Å². The maximum atomic E-state index is 12.6. The molecule has 132 valence electrons. The van der Waals surface area contributed by atoms with Crippen LogP contribution in [0.25, 0.3) is 0 Å². The Morgan fingerprint density at radius 3 is 2.76 bits per heavy atom. The number of aryl methyl sites for hydroxylation is 2. The summed E-state index contributed by atoms with van der Waals surface area (Å²) >= 11 is 0. The quantitative estimate of drug-likeness (QED) is 0.850. The van der Waals surface area contributed by atoms with Crippen molar-refractivity contribution in [3.05, 3.63) is 65.2 Å². The highest BCUT2D eigenvalue weighted by Crippen LogP contribution is 2.34. The molecule has 1 aliphatic carbocycles. The molecule has 0 aliphatic heterocycles. The first kappa shape index (κ1) is 17.6. The molecule has 0 aromatic heterocycles. The van der Waals surface area contributed by atoms with Gasteiger partial charge in [0.25, 0.3) is 0 Å². The van der Waals surface area contributed by atoms with Crippen molar-refractivity contribution < 1.29 is 9.90 Å². The second-order valence-electron chi connectivity index (χ2n) is 6.66. The van der Waals surface area contributed by atoms with E-state index in [1.165, 1.54) is 11.1 Å². The van der Waals surface area contributed by atoms with Gasteiger partial charge < -0.3 is 10.4 Å². The summed E-state index contributed by atoms with van der Waals surface area (Å²) in [5.41, 5.74) is 4.56. The number of aliphatic hydroxyl groups excluding tert-OH is 1. The molecule has 1 aliphatic rings. The number of benzene rings is 2. The lowest BCUT2D eigenvalue weighted by Gasteiger charge is -2.35. The van der Waals surface area contributed by atoms with Gasteiger partial charge in [-0.1, -0.05) is 42.5 Å². The summed E-state index contributed by atoms with van der Waals surface area (Å²) in [5.74, 6) is -0.0363. The molecular formula is C21H26N2O2. The SMILES string of the molecule is Cc1ccccc1NC(=O)CN(CCO)C1CCCc2ccccc21. The van der Waals surface area contributed by atoms with Crippen molar-refractivity contribution in [3.8, 4) is 0 Å². The molecule has 0 spiro atoms. The lowest BCUT2D eigenvalue weighted by atomic mass is 9.87. The fourth-order valence-corrected chi connectivity index (χ4v) is 3.67. The Bertz CT molecular complexity index is 729. The number of aliphatic hydroxyl groups is 1. The molecule has 0 radical (unpaired) electrons. The second kappa shape index (κ2) is 8.28. The van der Waals surface area contributed by atoms with Crippen LogP contribution in [-0.2, 0) is 11.2 Å². The smallest absolute Gasteiger partial charge is 0.238 e. The first-order chi connectivity index (χ1) is 12.2. The van der Waals surface area contributed by atoms with Crippen molar-refractivity contribution in [2.24, 2.45) is 0 Å². The average Bonchev–Trinajstić information content (AvgIpc) is 2.63. The molecule has 2 aromatic rings. The molecule has 0 saturated heterocycles. The third-order valence-corrected chi connectivity index (χ3v) is 4.93. The van der Waals surface area contributed by atoms with Gasteiger partial charge in [0.2, 0.25) is 5.91 Å². The zero-order valence-corrected chi connectivity index (χ0v) is 14.7. The molecule has 4 heteroatoms. The van der Waals surface area contributed by atoms with Crippen LogP contribution in [0.2, 0.25) is 0 Å². The van der Waals surface area contributed by atoms with Gasteiger partial charge in [0.15, 0.2) is 0 Å². The molecular weight excluding hydrogens is 312 g/mol. The van der Waals surface area contributed by atoms with Crippen LogP contribution in [0.15, 0.2) is 48.5 Å². The first-order valence-corrected chi connectivity index (χ1v) is 8.97. The van der Waals surface area contributed by atoms with Gasteiger partial charge in [-0.05, 0) is 48.9 Å². The monoisotopic (exact) mass is 338 g/mol. The summed E-state index contributed by atoms with van der Waals surface area (Å²) in [6.07, 6.45) is 3.23. The van der Waals surface area contributed by atoms with E-state index in [0.717, 1.165) is 30.5 Å². The molecule has 0 heterocycles. The summed E-state index contributed by atoms with van der Waals surface area (Å²) in [4.78, 5) is 14.7. The molecule has 1 atom stereocenters. The number of nitrogens with zero attached hydrogens (tertiary/aromatic N) is 1. The van der Waals surface area contributed by atoms with E-state index in [0.29, 0.717) is 6.54 Å². The highest BCUT2D eigenvalue weighted by molar-refractivity contribution is 5.93. The number of carbonyl (C=O) groups is 1. The lowest BCUT2D eigenvalue weighted by molar-refractivity contribution is -0.118. The van der Waals surface area contributed by atoms with E-state index >= 15 is 0 Å². The Balaban J connectivity index is 1.74. The molecule has 3 rings (SSSR count). The fraction of sp³-hybridized carbons (Fsp3) is 0.381. The van der Waals surface area contributed by atoms with Crippen LogP contribution < -0.4 is 5.32 Å². The summed E-state index contributed by atoms with van der Waals surface area (Å²) in [5, 5.41) is 12.5. The highest BCUT2D eigenvalue weighted by atomic mass is 16.3. The van der Waals surface area contributed by atoms with Crippen molar-refractivity contribution in [2.75, 3.05) is 25.0 Å². The van der Waals surface area contributed by atoms with Crippen molar-refractivity contribution in [1.29, 1.82) is 0 Å². The topological polar surface area (TPSA) is 52.6 Å². The molecule has 2 aromatic carbocycles. The van der Waals surface area contributed by atoms with Gasteiger partial charge in [-0.15, -0.1) is 0 Å². The van der Waals surface area contributed by atoms with Crippen molar-refractivity contribution in [3.63, 3.8) is 0 Å². The Morgan fingerprint density at radius 2 is 1.96 bits per heavy atom. The number of nitrogens with one attached hydrogen (secondary N) is 1. The van der Waals surface area contributed by atoms with E-state index in [4.69, 9.17) is 0 Å². The number of hydrogen-bond acceptors (Lipinski definition) is 3. The summed E-state index contributed by atoms with van der Waals surface area (Å²) < 4.78 is 0. The standard InChI is InChI=1S/C21H26N2O2/c1-16-7-2-5-11-19(16)22-21(25)15-23(13-14-24)20-12-6-9-17-8-3-4-10-18(17)20/h2-5,7-8,10-11,20,24H,6,9,12-15H2,1H3,(H,22,25). The number of rotatable bonds is 6.